The van der Waals surface area contributed by atoms with Gasteiger partial charge < -0.3 is 15.2 Å². The lowest BCUT2D eigenvalue weighted by molar-refractivity contribution is -0.298. The molecule has 0 aromatic heterocycles. The highest BCUT2D eigenvalue weighted by Crippen LogP contribution is 2.38. The molecule has 1 amide bonds. The molecule has 1 saturated heterocycles. The second-order valence-electron chi connectivity index (χ2n) is 7.42. The second-order valence-corrected chi connectivity index (χ2v) is 7.42. The quantitative estimate of drug-likeness (QED) is 0.708. The van der Waals surface area contributed by atoms with E-state index in [4.69, 9.17) is 9.84 Å². The number of aliphatic hydroxyl groups excluding tert-OH is 1. The average Bonchev–Trinajstić information content (AvgIpc) is 2.39. The van der Waals surface area contributed by atoms with E-state index in [1.165, 1.54) is 0 Å². The van der Waals surface area contributed by atoms with Crippen molar-refractivity contribution in [2.75, 3.05) is 13.2 Å². The summed E-state index contributed by atoms with van der Waals surface area (Å²) in [6.45, 7) is 8.34. The lowest BCUT2D eigenvalue weighted by Crippen LogP contribution is -2.60. The van der Waals surface area contributed by atoms with E-state index in [0.29, 0.717) is 19.4 Å². The zero-order valence-corrected chi connectivity index (χ0v) is 14.4. The number of hydroxylamine groups is 2. The summed E-state index contributed by atoms with van der Waals surface area (Å²) in [6, 6.07) is 0. The summed E-state index contributed by atoms with van der Waals surface area (Å²) >= 11 is 0. The molecule has 0 bridgehead atoms. The molecule has 129 valence electrons. The topological polar surface area (TPSA) is 81.7 Å². The van der Waals surface area contributed by atoms with Crippen molar-refractivity contribution in [3.8, 4) is 0 Å². The minimum Gasteiger partial charge on any atom is -0.446 e. The number of carbonyl (C=O) groups excluding carboxylic acids is 1. The number of unbranched alkanes of at least 4 members (excludes halogenated alkanes) is 3. The van der Waals surface area contributed by atoms with Crippen LogP contribution >= 0.6 is 0 Å². The van der Waals surface area contributed by atoms with Gasteiger partial charge in [-0.1, -0.05) is 12.8 Å². The van der Waals surface area contributed by atoms with Crippen LogP contribution in [0.25, 0.3) is 0 Å². The largest absolute Gasteiger partial charge is 0.446 e. The molecule has 0 aromatic carbocycles. The highest BCUT2D eigenvalue weighted by molar-refractivity contribution is 5.67. The Morgan fingerprint density at radius 1 is 1.14 bits per heavy atom. The molecule has 1 heterocycles. The second kappa shape index (κ2) is 8.13. The smallest absolute Gasteiger partial charge is 0.407 e. The van der Waals surface area contributed by atoms with Crippen molar-refractivity contribution in [3.05, 3.63) is 0 Å². The van der Waals surface area contributed by atoms with Gasteiger partial charge in [-0.05, 0) is 40.5 Å². The minimum absolute atomic E-state index is 0.222. The van der Waals surface area contributed by atoms with E-state index in [9.17, 15) is 10.0 Å². The third-order valence-corrected chi connectivity index (χ3v) is 4.18. The summed E-state index contributed by atoms with van der Waals surface area (Å²) in [4.78, 5) is 11.8. The van der Waals surface area contributed by atoms with E-state index in [1.807, 2.05) is 27.7 Å². The van der Waals surface area contributed by atoms with Crippen LogP contribution in [0.2, 0.25) is 0 Å². The van der Waals surface area contributed by atoms with Crippen LogP contribution < -0.4 is 5.32 Å². The predicted octanol–water partition coefficient (Wildman–Crippen LogP) is 2.63. The molecule has 22 heavy (non-hydrogen) atoms. The number of amides is 1. The van der Waals surface area contributed by atoms with Crippen LogP contribution in [0.5, 0.6) is 0 Å². The summed E-state index contributed by atoms with van der Waals surface area (Å²) in [5.41, 5.74) is -1.06. The van der Waals surface area contributed by atoms with Crippen molar-refractivity contribution in [2.45, 2.75) is 83.4 Å². The van der Waals surface area contributed by atoms with Crippen molar-refractivity contribution in [1.82, 2.24) is 10.4 Å². The normalized spacial score (nSPS) is 21.5. The third kappa shape index (κ3) is 5.74. The van der Waals surface area contributed by atoms with Gasteiger partial charge >= 0.3 is 6.09 Å². The number of alkyl carbamates (subject to hydrolysis) is 1. The van der Waals surface area contributed by atoms with Gasteiger partial charge in [0.1, 0.15) is 6.10 Å². The van der Waals surface area contributed by atoms with Gasteiger partial charge in [0.25, 0.3) is 0 Å². The Balaban J connectivity index is 2.32. The number of rotatable bonds is 7. The molecule has 1 aliphatic rings. The molecule has 6 heteroatoms. The number of hydrogen-bond acceptors (Lipinski definition) is 4. The molecule has 1 rings (SSSR count). The number of ether oxygens (including phenoxy) is 1. The standard InChI is InChI=1S/C16H31N2O4/c1-15(2)11-13(12-16(3,4)18(15)21)22-14(20)17-9-7-5-6-8-10-19/h13,19H,5-12H2,1-4H3,(H,17,20). The van der Waals surface area contributed by atoms with Crippen molar-refractivity contribution in [2.24, 2.45) is 0 Å². The van der Waals surface area contributed by atoms with Crippen LogP contribution in [0.3, 0.4) is 0 Å². The first kappa shape index (κ1) is 19.2. The molecule has 0 aliphatic carbocycles. The maximum atomic E-state index is 12.2. The van der Waals surface area contributed by atoms with Crippen LogP contribution in [0.4, 0.5) is 4.79 Å². The Hall–Kier alpha value is -0.850. The fourth-order valence-electron chi connectivity index (χ4n) is 3.23. The molecule has 1 fully saturated rings. The van der Waals surface area contributed by atoms with Gasteiger partial charge in [0.05, 0.1) is 0 Å². The van der Waals surface area contributed by atoms with Gasteiger partial charge in [-0.25, -0.2) is 4.79 Å². The number of carbonyl (C=O) groups is 1. The summed E-state index contributed by atoms with van der Waals surface area (Å²) in [6.07, 6.45) is 4.09. The summed E-state index contributed by atoms with van der Waals surface area (Å²) in [5.74, 6) is 0. The number of nitrogens with one attached hydrogen (secondary N) is 1. The SMILES string of the molecule is CC1(C)CC(OC(=O)NCCCCCCO)CC(C)(C)N1[O]. The average molecular weight is 315 g/mol. The fourth-order valence-corrected chi connectivity index (χ4v) is 3.23. The van der Waals surface area contributed by atoms with Gasteiger partial charge in [-0.3, -0.25) is 0 Å². The zero-order valence-electron chi connectivity index (χ0n) is 14.4. The molecular weight excluding hydrogens is 284 g/mol. The van der Waals surface area contributed by atoms with E-state index in [-0.39, 0.29) is 12.7 Å². The molecule has 1 aliphatic heterocycles. The van der Waals surface area contributed by atoms with Gasteiger partial charge in [0, 0.05) is 37.1 Å². The van der Waals surface area contributed by atoms with Crippen LogP contribution in [-0.2, 0) is 9.94 Å². The maximum Gasteiger partial charge on any atom is 0.407 e. The fraction of sp³-hybridized carbons (Fsp3) is 0.938. The van der Waals surface area contributed by atoms with E-state index in [1.54, 1.807) is 0 Å². The van der Waals surface area contributed by atoms with Crippen molar-refractivity contribution >= 4 is 6.09 Å². The van der Waals surface area contributed by atoms with Crippen molar-refractivity contribution < 1.29 is 19.8 Å². The van der Waals surface area contributed by atoms with E-state index in [0.717, 1.165) is 30.7 Å². The third-order valence-electron chi connectivity index (χ3n) is 4.18. The lowest BCUT2D eigenvalue weighted by atomic mass is 9.80. The van der Waals surface area contributed by atoms with Crippen LogP contribution in [0.1, 0.15) is 66.2 Å². The van der Waals surface area contributed by atoms with Gasteiger partial charge in [-0.2, -0.15) is 0 Å². The van der Waals surface area contributed by atoms with Gasteiger partial charge in [0.2, 0.25) is 0 Å². The van der Waals surface area contributed by atoms with Crippen LogP contribution in [0, 0.1) is 0 Å². The van der Waals surface area contributed by atoms with Crippen molar-refractivity contribution in [3.63, 3.8) is 0 Å². The maximum absolute atomic E-state index is 12.2. The summed E-state index contributed by atoms with van der Waals surface area (Å²) < 4.78 is 5.48. The highest BCUT2D eigenvalue weighted by atomic mass is 16.6. The highest BCUT2D eigenvalue weighted by Gasteiger charge is 2.47. The molecular formula is C16H31N2O4. The van der Waals surface area contributed by atoms with Crippen LogP contribution in [-0.4, -0.2) is 46.6 Å². The Kier molecular flexibility index (Phi) is 7.09. The predicted molar refractivity (Wildman–Crippen MR) is 83.7 cm³/mol. The Bertz CT molecular complexity index is 340. The minimum atomic E-state index is -0.531. The molecule has 1 radical (unpaired) electrons. The first-order chi connectivity index (χ1) is 10.2. The number of piperidine rings is 1. The number of hydrogen-bond donors (Lipinski definition) is 2. The Morgan fingerprint density at radius 2 is 1.68 bits per heavy atom. The van der Waals surface area contributed by atoms with Gasteiger partial charge in [0.15, 0.2) is 0 Å². The number of nitrogens with zero attached hydrogens (tertiary/aromatic N) is 1. The first-order valence-electron chi connectivity index (χ1n) is 8.22. The molecule has 0 aromatic rings. The van der Waals surface area contributed by atoms with E-state index in [2.05, 4.69) is 5.32 Å². The Morgan fingerprint density at radius 3 is 2.23 bits per heavy atom. The monoisotopic (exact) mass is 315 g/mol. The molecule has 0 unspecified atom stereocenters. The zero-order chi connectivity index (χ0) is 16.8. The lowest BCUT2D eigenvalue weighted by Gasteiger charge is -2.49. The molecule has 0 saturated carbocycles. The molecule has 0 atom stereocenters. The number of aliphatic hydroxyl groups is 1. The molecule has 0 spiro atoms. The van der Waals surface area contributed by atoms with E-state index >= 15 is 0 Å². The molecule has 2 N–H and O–H groups in total. The van der Waals surface area contributed by atoms with Crippen molar-refractivity contribution in [1.29, 1.82) is 0 Å². The summed E-state index contributed by atoms with van der Waals surface area (Å²) in [7, 11) is 0. The first-order valence-corrected chi connectivity index (χ1v) is 8.22. The van der Waals surface area contributed by atoms with Crippen LogP contribution in [0.15, 0.2) is 0 Å². The van der Waals surface area contributed by atoms with Gasteiger partial charge in [-0.15, -0.1) is 10.3 Å². The van der Waals surface area contributed by atoms with E-state index < -0.39 is 17.2 Å². The Labute approximate surface area is 133 Å². The summed E-state index contributed by atoms with van der Waals surface area (Å²) in [5, 5.41) is 24.8. The molecule has 6 nitrogen and oxygen atoms in total.